The van der Waals surface area contributed by atoms with Crippen molar-refractivity contribution in [1.29, 1.82) is 0 Å². The molecule has 1 atom stereocenters. The van der Waals surface area contributed by atoms with E-state index in [1.54, 1.807) is 12.0 Å². The number of carbonyl (C=O) groups excluding carboxylic acids is 2. The summed E-state index contributed by atoms with van der Waals surface area (Å²) in [7, 11) is 3.50. The predicted octanol–water partition coefficient (Wildman–Crippen LogP) is 3.05. The molecule has 0 saturated carbocycles. The van der Waals surface area contributed by atoms with Crippen molar-refractivity contribution in [2.45, 2.75) is 44.9 Å². The third kappa shape index (κ3) is 3.92. The second-order valence-corrected chi connectivity index (χ2v) is 7.34. The monoisotopic (exact) mass is 356 g/mol. The number of piperidine rings is 1. The minimum absolute atomic E-state index is 0.0617. The lowest BCUT2D eigenvalue weighted by Gasteiger charge is -2.46. The third-order valence-corrected chi connectivity index (χ3v) is 5.69. The van der Waals surface area contributed by atoms with Crippen LogP contribution in [0.1, 0.15) is 44.1 Å². The van der Waals surface area contributed by atoms with Gasteiger partial charge in [-0.1, -0.05) is 18.2 Å². The number of amides is 2. The molecule has 1 aromatic carbocycles. The highest BCUT2D eigenvalue weighted by atomic mass is 16.5. The van der Waals surface area contributed by atoms with Crippen LogP contribution in [0.3, 0.4) is 0 Å². The molecule has 0 radical (unpaired) electrons. The lowest BCUT2D eigenvalue weighted by Crippen LogP contribution is -2.49. The van der Waals surface area contributed by atoms with Crippen molar-refractivity contribution in [3.63, 3.8) is 0 Å². The van der Waals surface area contributed by atoms with Crippen LogP contribution in [-0.4, -0.2) is 37.4 Å². The van der Waals surface area contributed by atoms with Gasteiger partial charge in [0.15, 0.2) is 0 Å². The molecule has 2 amide bonds. The van der Waals surface area contributed by atoms with Crippen LogP contribution in [0.5, 0.6) is 5.75 Å². The van der Waals surface area contributed by atoms with Gasteiger partial charge in [0, 0.05) is 37.5 Å². The Hall–Kier alpha value is -2.30. The fraction of sp³-hybridized carbons (Fsp3) is 0.524. The van der Waals surface area contributed by atoms with Gasteiger partial charge in [-0.3, -0.25) is 9.59 Å². The van der Waals surface area contributed by atoms with E-state index < -0.39 is 0 Å². The summed E-state index contributed by atoms with van der Waals surface area (Å²) >= 11 is 0. The van der Waals surface area contributed by atoms with E-state index >= 15 is 0 Å². The summed E-state index contributed by atoms with van der Waals surface area (Å²) in [6, 6.07) is 7.83. The molecule has 1 saturated heterocycles. The number of allylic oxidation sites excluding steroid dienone is 1. The van der Waals surface area contributed by atoms with Gasteiger partial charge in [0.25, 0.3) is 0 Å². The van der Waals surface area contributed by atoms with Gasteiger partial charge >= 0.3 is 0 Å². The van der Waals surface area contributed by atoms with Gasteiger partial charge < -0.3 is 15.0 Å². The van der Waals surface area contributed by atoms with E-state index in [4.69, 9.17) is 4.74 Å². The molecule has 5 heteroatoms. The van der Waals surface area contributed by atoms with Crippen molar-refractivity contribution in [2.24, 2.45) is 5.41 Å². The average molecular weight is 356 g/mol. The summed E-state index contributed by atoms with van der Waals surface area (Å²) in [6.07, 6.45) is 7.89. The number of carbonyl (C=O) groups is 2. The second kappa shape index (κ2) is 7.94. The molecule has 1 aliphatic heterocycles. The van der Waals surface area contributed by atoms with Crippen LogP contribution in [0.25, 0.3) is 0 Å². The molecule has 1 fully saturated rings. The number of nitrogens with zero attached hydrogens (tertiary/aromatic N) is 1. The van der Waals surface area contributed by atoms with Crippen molar-refractivity contribution in [3.05, 3.63) is 41.6 Å². The Balaban J connectivity index is 1.57. The first-order valence-corrected chi connectivity index (χ1v) is 9.41. The van der Waals surface area contributed by atoms with Crippen molar-refractivity contribution >= 4 is 11.8 Å². The number of rotatable bonds is 6. The van der Waals surface area contributed by atoms with E-state index in [0.29, 0.717) is 25.8 Å². The maximum Gasteiger partial charge on any atom is 0.226 e. The Kier molecular flexibility index (Phi) is 5.64. The topological polar surface area (TPSA) is 58.6 Å². The lowest BCUT2D eigenvalue weighted by molar-refractivity contribution is -0.132. The highest BCUT2D eigenvalue weighted by Gasteiger charge is 2.43. The number of aryl methyl sites for hydroxylation is 1. The molecule has 1 aromatic rings. The van der Waals surface area contributed by atoms with Crippen LogP contribution >= 0.6 is 0 Å². The van der Waals surface area contributed by atoms with Crippen molar-refractivity contribution < 1.29 is 14.3 Å². The summed E-state index contributed by atoms with van der Waals surface area (Å²) in [5.41, 5.74) is 2.12. The van der Waals surface area contributed by atoms with E-state index in [2.05, 4.69) is 11.4 Å². The number of nitrogens with one attached hydrogen (secondary N) is 1. The molecule has 1 N–H and O–H groups in total. The number of benzene rings is 1. The number of likely N-dealkylation sites (tertiary alicyclic amines) is 1. The summed E-state index contributed by atoms with van der Waals surface area (Å²) in [4.78, 5) is 26.2. The van der Waals surface area contributed by atoms with E-state index in [1.165, 1.54) is 0 Å². The molecule has 5 nitrogen and oxygen atoms in total. The van der Waals surface area contributed by atoms with E-state index in [-0.39, 0.29) is 17.2 Å². The van der Waals surface area contributed by atoms with Crippen LogP contribution in [0, 0.1) is 5.41 Å². The molecule has 1 unspecified atom stereocenters. The third-order valence-electron chi connectivity index (χ3n) is 5.69. The summed E-state index contributed by atoms with van der Waals surface area (Å²) in [5.74, 6) is 1.05. The molecule has 26 heavy (non-hydrogen) atoms. The first-order valence-electron chi connectivity index (χ1n) is 9.41. The van der Waals surface area contributed by atoms with E-state index in [1.807, 2.05) is 31.3 Å². The highest BCUT2D eigenvalue weighted by molar-refractivity contribution is 5.80. The summed E-state index contributed by atoms with van der Waals surface area (Å²) < 4.78 is 5.23. The van der Waals surface area contributed by atoms with Gasteiger partial charge in [-0.15, -0.1) is 0 Å². The van der Waals surface area contributed by atoms with Gasteiger partial charge in [0.1, 0.15) is 5.75 Å². The van der Waals surface area contributed by atoms with Crippen molar-refractivity contribution in [2.75, 3.05) is 20.7 Å². The van der Waals surface area contributed by atoms with Crippen LogP contribution in [0.2, 0.25) is 0 Å². The van der Waals surface area contributed by atoms with Crippen LogP contribution in [0.4, 0.5) is 0 Å². The largest absolute Gasteiger partial charge is 0.497 e. The SMILES string of the molecule is COc1cccc(CCC(=O)NCC23CCCC=C2N(C)C(=O)CC3)c1. The molecule has 0 bridgehead atoms. The zero-order valence-corrected chi connectivity index (χ0v) is 15.7. The smallest absolute Gasteiger partial charge is 0.226 e. The summed E-state index contributed by atoms with van der Waals surface area (Å²) in [5, 5.41) is 3.13. The molecule has 2 aliphatic rings. The van der Waals surface area contributed by atoms with Gasteiger partial charge in [-0.25, -0.2) is 0 Å². The number of hydrogen-bond donors (Lipinski definition) is 1. The maximum absolute atomic E-state index is 12.4. The number of ether oxygens (including phenoxy) is 1. The van der Waals surface area contributed by atoms with Gasteiger partial charge in [-0.2, -0.15) is 0 Å². The van der Waals surface area contributed by atoms with Crippen LogP contribution in [-0.2, 0) is 16.0 Å². The van der Waals surface area contributed by atoms with Gasteiger partial charge in [-0.05, 0) is 49.8 Å². The molecule has 0 aromatic heterocycles. The molecule has 0 spiro atoms. The quantitative estimate of drug-likeness (QED) is 0.852. The van der Waals surface area contributed by atoms with Crippen LogP contribution < -0.4 is 10.1 Å². The second-order valence-electron chi connectivity index (χ2n) is 7.34. The molecular formula is C21H28N2O3. The zero-order valence-electron chi connectivity index (χ0n) is 15.7. The summed E-state index contributed by atoms with van der Waals surface area (Å²) in [6.45, 7) is 0.618. The molecular weight excluding hydrogens is 328 g/mol. The Bertz CT molecular complexity index is 713. The van der Waals surface area contributed by atoms with E-state index in [0.717, 1.165) is 42.7 Å². The Morgan fingerprint density at radius 2 is 2.19 bits per heavy atom. The average Bonchev–Trinajstić information content (AvgIpc) is 2.68. The molecule has 1 heterocycles. The minimum Gasteiger partial charge on any atom is -0.497 e. The molecule has 3 rings (SSSR count). The molecule has 1 aliphatic carbocycles. The van der Waals surface area contributed by atoms with Gasteiger partial charge in [0.05, 0.1) is 7.11 Å². The number of fused-ring (bicyclic) bond motifs is 1. The standard InChI is InChI=1S/C21H28N2O3/c1-23-18-8-3-4-12-21(18,13-11-20(23)25)15-22-19(24)10-9-16-6-5-7-17(14-16)26-2/h5-8,14H,3-4,9-13,15H2,1-2H3,(H,22,24). The normalized spacial score (nSPS) is 22.5. The first-order chi connectivity index (χ1) is 12.5. The lowest BCUT2D eigenvalue weighted by atomic mass is 9.70. The number of hydrogen-bond acceptors (Lipinski definition) is 3. The maximum atomic E-state index is 12.4. The predicted molar refractivity (Wildman–Crippen MR) is 101 cm³/mol. The Labute approximate surface area is 155 Å². The minimum atomic E-state index is -0.0768. The first kappa shape index (κ1) is 18.5. The van der Waals surface area contributed by atoms with Gasteiger partial charge in [0.2, 0.25) is 11.8 Å². The van der Waals surface area contributed by atoms with E-state index in [9.17, 15) is 9.59 Å². The zero-order chi connectivity index (χ0) is 18.6. The number of methoxy groups -OCH3 is 1. The fourth-order valence-corrected chi connectivity index (χ4v) is 4.13. The Morgan fingerprint density at radius 3 is 3.00 bits per heavy atom. The fourth-order valence-electron chi connectivity index (χ4n) is 4.13. The Morgan fingerprint density at radius 1 is 1.35 bits per heavy atom. The van der Waals surface area contributed by atoms with Crippen molar-refractivity contribution in [3.8, 4) is 5.75 Å². The molecule has 140 valence electrons. The highest BCUT2D eigenvalue weighted by Crippen LogP contribution is 2.45. The van der Waals surface area contributed by atoms with Crippen molar-refractivity contribution in [1.82, 2.24) is 10.2 Å². The van der Waals surface area contributed by atoms with Crippen LogP contribution in [0.15, 0.2) is 36.0 Å².